The van der Waals surface area contributed by atoms with Gasteiger partial charge in [-0.25, -0.2) is 4.98 Å². The Labute approximate surface area is 127 Å². The van der Waals surface area contributed by atoms with Crippen LogP contribution in [0.4, 0.5) is 0 Å². The van der Waals surface area contributed by atoms with Gasteiger partial charge in [-0.3, -0.25) is 4.79 Å². The van der Waals surface area contributed by atoms with Gasteiger partial charge in [0.2, 0.25) is 0 Å². The lowest BCUT2D eigenvalue weighted by molar-refractivity contribution is 0.0779. The van der Waals surface area contributed by atoms with Crippen molar-refractivity contribution in [2.45, 2.75) is 20.4 Å². The highest BCUT2D eigenvalue weighted by atomic mass is 79.9. The molecule has 0 saturated heterocycles. The van der Waals surface area contributed by atoms with Gasteiger partial charge in [-0.1, -0.05) is 23.8 Å². The van der Waals surface area contributed by atoms with Crippen molar-refractivity contribution >= 4 is 21.8 Å². The number of benzene rings is 1. The van der Waals surface area contributed by atoms with Crippen molar-refractivity contribution in [3.05, 3.63) is 63.4 Å². The number of amides is 1. The van der Waals surface area contributed by atoms with E-state index in [1.165, 1.54) is 11.1 Å². The molecule has 0 unspecified atom stereocenters. The fraction of sp³-hybridized carbons (Fsp3) is 0.250. The third kappa shape index (κ3) is 3.45. The Bertz CT molecular complexity index is 623. The van der Waals surface area contributed by atoms with E-state index in [9.17, 15) is 4.79 Å². The van der Waals surface area contributed by atoms with Gasteiger partial charge in [0.15, 0.2) is 0 Å². The number of nitrogens with zero attached hydrogens (tertiary/aromatic N) is 2. The Morgan fingerprint density at radius 1 is 1.25 bits per heavy atom. The zero-order valence-electron chi connectivity index (χ0n) is 11.9. The number of pyridine rings is 1. The first-order valence-corrected chi connectivity index (χ1v) is 7.20. The second kappa shape index (κ2) is 6.18. The fourth-order valence-electron chi connectivity index (χ4n) is 2.05. The van der Waals surface area contributed by atoms with Crippen LogP contribution in [0.3, 0.4) is 0 Å². The third-order valence-corrected chi connectivity index (χ3v) is 3.67. The molecule has 3 nitrogen and oxygen atoms in total. The molecular weight excluding hydrogens is 316 g/mol. The molecule has 0 aliphatic heterocycles. The van der Waals surface area contributed by atoms with Crippen LogP contribution in [0, 0.1) is 13.8 Å². The Morgan fingerprint density at radius 3 is 2.60 bits per heavy atom. The Kier molecular flexibility index (Phi) is 4.55. The smallest absolute Gasteiger partial charge is 0.272 e. The van der Waals surface area contributed by atoms with Gasteiger partial charge >= 0.3 is 0 Å². The van der Waals surface area contributed by atoms with E-state index < -0.39 is 0 Å². The molecule has 0 bridgehead atoms. The second-order valence-electron chi connectivity index (χ2n) is 4.95. The summed E-state index contributed by atoms with van der Waals surface area (Å²) in [7, 11) is 1.80. The topological polar surface area (TPSA) is 33.2 Å². The molecule has 20 heavy (non-hydrogen) atoms. The Balaban J connectivity index is 2.13. The molecule has 0 spiro atoms. The number of hydrogen-bond acceptors (Lipinski definition) is 2. The van der Waals surface area contributed by atoms with Crippen molar-refractivity contribution in [2.75, 3.05) is 7.05 Å². The van der Waals surface area contributed by atoms with Crippen molar-refractivity contribution in [3.63, 3.8) is 0 Å². The normalized spacial score (nSPS) is 10.4. The van der Waals surface area contributed by atoms with E-state index in [4.69, 9.17) is 0 Å². The molecule has 1 heterocycles. The lowest BCUT2D eigenvalue weighted by atomic mass is 10.1. The lowest BCUT2D eigenvalue weighted by Gasteiger charge is -2.18. The minimum absolute atomic E-state index is 0.0718. The molecule has 2 aromatic rings. The van der Waals surface area contributed by atoms with Crippen LogP contribution in [-0.4, -0.2) is 22.8 Å². The number of aryl methyl sites for hydroxylation is 2. The molecule has 0 aliphatic rings. The first-order valence-electron chi connectivity index (χ1n) is 6.40. The Hall–Kier alpha value is -1.68. The maximum Gasteiger partial charge on any atom is 0.272 e. The molecule has 1 aromatic heterocycles. The summed E-state index contributed by atoms with van der Waals surface area (Å²) in [4.78, 5) is 18.1. The molecule has 0 radical (unpaired) electrons. The maximum absolute atomic E-state index is 12.3. The highest BCUT2D eigenvalue weighted by molar-refractivity contribution is 9.10. The van der Waals surface area contributed by atoms with Gasteiger partial charge in [-0.2, -0.15) is 0 Å². The molecule has 2 rings (SSSR count). The SMILES string of the molecule is Cc1ccc(CN(C)C(=O)c2ccc(Br)cn2)c(C)c1. The van der Waals surface area contributed by atoms with E-state index in [0.717, 1.165) is 10.0 Å². The van der Waals surface area contributed by atoms with E-state index in [-0.39, 0.29) is 5.91 Å². The van der Waals surface area contributed by atoms with Crippen molar-refractivity contribution < 1.29 is 4.79 Å². The average Bonchev–Trinajstić information content (AvgIpc) is 2.42. The molecule has 4 heteroatoms. The molecule has 0 fully saturated rings. The summed E-state index contributed by atoms with van der Waals surface area (Å²) >= 11 is 3.31. The first kappa shape index (κ1) is 14.7. The van der Waals surface area contributed by atoms with Crippen LogP contribution in [0.2, 0.25) is 0 Å². The van der Waals surface area contributed by atoms with Gasteiger partial charge < -0.3 is 4.90 Å². The standard InChI is InChI=1S/C16H17BrN2O/c1-11-4-5-13(12(2)8-11)10-19(3)16(20)15-7-6-14(17)9-18-15/h4-9H,10H2,1-3H3. The number of halogens is 1. The third-order valence-electron chi connectivity index (χ3n) is 3.20. The average molecular weight is 333 g/mol. The Morgan fingerprint density at radius 2 is 2.00 bits per heavy atom. The van der Waals surface area contributed by atoms with Crippen LogP contribution in [0.15, 0.2) is 41.0 Å². The van der Waals surface area contributed by atoms with Gasteiger partial charge in [0, 0.05) is 24.3 Å². The number of aromatic nitrogens is 1. The summed E-state index contributed by atoms with van der Waals surface area (Å²) < 4.78 is 0.867. The van der Waals surface area contributed by atoms with E-state index in [1.54, 1.807) is 24.2 Å². The second-order valence-corrected chi connectivity index (χ2v) is 5.87. The monoisotopic (exact) mass is 332 g/mol. The number of hydrogen-bond donors (Lipinski definition) is 0. The maximum atomic E-state index is 12.3. The van der Waals surface area contributed by atoms with Crippen molar-refractivity contribution in [1.29, 1.82) is 0 Å². The van der Waals surface area contributed by atoms with Crippen LogP contribution in [0.25, 0.3) is 0 Å². The highest BCUT2D eigenvalue weighted by Gasteiger charge is 2.14. The van der Waals surface area contributed by atoms with Crippen LogP contribution in [0.5, 0.6) is 0 Å². The molecule has 104 valence electrons. The van der Waals surface area contributed by atoms with Crippen molar-refractivity contribution in [3.8, 4) is 0 Å². The summed E-state index contributed by atoms with van der Waals surface area (Å²) in [6.07, 6.45) is 1.64. The largest absolute Gasteiger partial charge is 0.336 e. The van der Waals surface area contributed by atoms with Crippen molar-refractivity contribution in [2.24, 2.45) is 0 Å². The van der Waals surface area contributed by atoms with E-state index in [0.29, 0.717) is 12.2 Å². The molecule has 0 N–H and O–H groups in total. The fourth-order valence-corrected chi connectivity index (χ4v) is 2.28. The van der Waals surface area contributed by atoms with Crippen LogP contribution >= 0.6 is 15.9 Å². The summed E-state index contributed by atoms with van der Waals surface area (Å²) in [5, 5.41) is 0. The van der Waals surface area contributed by atoms with Gasteiger partial charge in [-0.05, 0) is 53.0 Å². The molecule has 1 amide bonds. The van der Waals surface area contributed by atoms with Crippen LogP contribution < -0.4 is 0 Å². The van der Waals surface area contributed by atoms with Crippen LogP contribution in [0.1, 0.15) is 27.2 Å². The number of carbonyl (C=O) groups is 1. The zero-order valence-corrected chi connectivity index (χ0v) is 13.4. The summed E-state index contributed by atoms with van der Waals surface area (Å²) in [5.41, 5.74) is 4.05. The summed E-state index contributed by atoms with van der Waals surface area (Å²) in [6, 6.07) is 9.82. The van der Waals surface area contributed by atoms with E-state index in [2.05, 4.69) is 53.0 Å². The molecule has 0 saturated carbocycles. The summed E-state index contributed by atoms with van der Waals surface area (Å²) in [6.45, 7) is 4.72. The van der Waals surface area contributed by atoms with Gasteiger partial charge in [0.1, 0.15) is 5.69 Å². The predicted octanol–water partition coefficient (Wildman–Crippen LogP) is 3.73. The number of rotatable bonds is 3. The summed E-state index contributed by atoms with van der Waals surface area (Å²) in [5.74, 6) is -0.0718. The molecule has 1 aromatic carbocycles. The molecule has 0 aliphatic carbocycles. The highest BCUT2D eigenvalue weighted by Crippen LogP contribution is 2.14. The van der Waals surface area contributed by atoms with Gasteiger partial charge in [-0.15, -0.1) is 0 Å². The van der Waals surface area contributed by atoms with Crippen molar-refractivity contribution in [1.82, 2.24) is 9.88 Å². The molecule has 0 atom stereocenters. The lowest BCUT2D eigenvalue weighted by Crippen LogP contribution is -2.27. The van der Waals surface area contributed by atoms with Crippen LogP contribution in [-0.2, 0) is 6.54 Å². The molecular formula is C16H17BrN2O. The number of carbonyl (C=O) groups excluding carboxylic acids is 1. The zero-order chi connectivity index (χ0) is 14.7. The van der Waals surface area contributed by atoms with Gasteiger partial charge in [0.05, 0.1) is 0 Å². The minimum atomic E-state index is -0.0718. The van der Waals surface area contributed by atoms with E-state index >= 15 is 0 Å². The minimum Gasteiger partial charge on any atom is -0.336 e. The van der Waals surface area contributed by atoms with E-state index in [1.807, 2.05) is 6.07 Å². The first-order chi connectivity index (χ1) is 9.47. The van der Waals surface area contributed by atoms with Gasteiger partial charge in [0.25, 0.3) is 5.91 Å². The predicted molar refractivity (Wildman–Crippen MR) is 83.7 cm³/mol. The quantitative estimate of drug-likeness (QED) is 0.857.